The van der Waals surface area contributed by atoms with E-state index in [1.807, 2.05) is 0 Å². The number of ether oxygens (including phenoxy) is 2. The summed E-state index contributed by atoms with van der Waals surface area (Å²) in [4.78, 5) is 13.2. The fraction of sp³-hybridized carbons (Fsp3) is 0.750. The number of aliphatic hydroxyl groups is 1. The number of anilines is 1. The molecule has 132 valence electrons. The molecule has 8 heteroatoms. The van der Waals surface area contributed by atoms with Crippen LogP contribution in [0.25, 0.3) is 0 Å². The maximum atomic E-state index is 10.0. The van der Waals surface area contributed by atoms with Crippen LogP contribution < -0.4 is 9.64 Å². The Labute approximate surface area is 146 Å². The van der Waals surface area contributed by atoms with Gasteiger partial charge in [-0.1, -0.05) is 11.6 Å². The molecule has 1 saturated carbocycles. The number of aromatic nitrogens is 2. The van der Waals surface area contributed by atoms with Crippen molar-refractivity contribution in [2.75, 3.05) is 58.0 Å². The second kappa shape index (κ2) is 5.98. The highest BCUT2D eigenvalue weighted by Crippen LogP contribution is 2.60. The summed E-state index contributed by atoms with van der Waals surface area (Å²) in [5, 5.41) is 10.4. The van der Waals surface area contributed by atoms with Crippen LogP contribution in [0.2, 0.25) is 5.15 Å². The average molecular weight is 355 g/mol. The summed E-state index contributed by atoms with van der Waals surface area (Å²) in [5.74, 6) is 0.738. The van der Waals surface area contributed by atoms with Crippen LogP contribution in [0.15, 0.2) is 6.07 Å². The Morgan fingerprint density at radius 1 is 1.33 bits per heavy atom. The van der Waals surface area contributed by atoms with Crippen molar-refractivity contribution in [1.82, 2.24) is 14.9 Å². The molecule has 24 heavy (non-hydrogen) atoms. The van der Waals surface area contributed by atoms with Crippen molar-refractivity contribution < 1.29 is 14.6 Å². The van der Waals surface area contributed by atoms with Gasteiger partial charge in [0, 0.05) is 37.7 Å². The molecule has 1 aromatic heterocycles. The average Bonchev–Trinajstić information content (AvgIpc) is 3.05. The first-order chi connectivity index (χ1) is 11.6. The first kappa shape index (κ1) is 16.3. The standard InChI is InChI=1S/C16H23ClN4O3/c1-23-14-18-12(17)6-13(19-14)21-10-15(7-16(21,8-15)11-22)9-20-2-4-24-5-3-20/h6,22H,2-5,7-11H2,1H3. The van der Waals surface area contributed by atoms with Gasteiger partial charge in [0.05, 0.1) is 32.5 Å². The molecule has 0 atom stereocenters. The fourth-order valence-corrected chi connectivity index (χ4v) is 4.85. The molecule has 0 spiro atoms. The Balaban J connectivity index is 1.55. The van der Waals surface area contributed by atoms with Gasteiger partial charge in [-0.3, -0.25) is 4.90 Å². The molecule has 0 unspecified atom stereocenters. The number of methoxy groups -OCH3 is 1. The highest BCUT2D eigenvalue weighted by Gasteiger charge is 2.65. The number of rotatable bonds is 5. The van der Waals surface area contributed by atoms with E-state index in [-0.39, 0.29) is 23.6 Å². The molecule has 5 rings (SSSR count). The summed E-state index contributed by atoms with van der Waals surface area (Å²) in [7, 11) is 1.53. The molecular formula is C16H23ClN4O3. The summed E-state index contributed by atoms with van der Waals surface area (Å²) in [6, 6.07) is 2.02. The molecule has 4 aliphatic rings. The number of hydrogen-bond acceptors (Lipinski definition) is 7. The Morgan fingerprint density at radius 2 is 2.08 bits per heavy atom. The number of halogens is 1. The van der Waals surface area contributed by atoms with Gasteiger partial charge in [-0.15, -0.1) is 0 Å². The predicted molar refractivity (Wildman–Crippen MR) is 89.7 cm³/mol. The van der Waals surface area contributed by atoms with Crippen LogP contribution in [0.1, 0.15) is 12.8 Å². The Morgan fingerprint density at radius 3 is 2.75 bits per heavy atom. The lowest BCUT2D eigenvalue weighted by molar-refractivity contribution is -0.0123. The zero-order chi connectivity index (χ0) is 16.8. The molecule has 3 saturated heterocycles. The van der Waals surface area contributed by atoms with Crippen LogP contribution >= 0.6 is 11.6 Å². The van der Waals surface area contributed by atoms with Gasteiger partial charge in [0.15, 0.2) is 0 Å². The molecule has 4 heterocycles. The molecule has 4 fully saturated rings. The normalized spacial score (nSPS) is 32.7. The second-order valence-corrected chi connectivity index (χ2v) is 7.63. The Kier molecular flexibility index (Phi) is 4.07. The first-order valence-electron chi connectivity index (χ1n) is 8.35. The van der Waals surface area contributed by atoms with Crippen LogP contribution in [0.5, 0.6) is 6.01 Å². The lowest BCUT2D eigenvalue weighted by Crippen LogP contribution is -2.56. The minimum atomic E-state index is -0.227. The van der Waals surface area contributed by atoms with Crippen molar-refractivity contribution in [3.05, 3.63) is 11.2 Å². The van der Waals surface area contributed by atoms with E-state index in [2.05, 4.69) is 19.8 Å². The van der Waals surface area contributed by atoms with E-state index in [1.165, 1.54) is 7.11 Å². The number of hydrogen-bond donors (Lipinski definition) is 1. The number of nitrogens with zero attached hydrogens (tertiary/aromatic N) is 4. The van der Waals surface area contributed by atoms with E-state index >= 15 is 0 Å². The van der Waals surface area contributed by atoms with Gasteiger partial charge < -0.3 is 19.5 Å². The van der Waals surface area contributed by atoms with Crippen molar-refractivity contribution in [2.24, 2.45) is 5.41 Å². The number of morpholine rings is 1. The third kappa shape index (κ3) is 2.63. The van der Waals surface area contributed by atoms with Gasteiger partial charge in [-0.2, -0.15) is 9.97 Å². The maximum Gasteiger partial charge on any atom is 0.319 e. The smallest absolute Gasteiger partial charge is 0.319 e. The first-order valence-corrected chi connectivity index (χ1v) is 8.73. The molecule has 0 amide bonds. The Hall–Kier alpha value is -1.15. The summed E-state index contributed by atoms with van der Waals surface area (Å²) in [6.07, 6.45) is 1.97. The van der Waals surface area contributed by atoms with Crippen molar-refractivity contribution >= 4 is 17.4 Å². The van der Waals surface area contributed by atoms with Crippen LogP contribution in [-0.2, 0) is 4.74 Å². The molecule has 0 radical (unpaired) electrons. The maximum absolute atomic E-state index is 10.0. The monoisotopic (exact) mass is 354 g/mol. The molecule has 3 aliphatic heterocycles. The third-order valence-corrected chi connectivity index (χ3v) is 5.74. The Bertz CT molecular complexity index is 617. The lowest BCUT2D eigenvalue weighted by atomic mass is 9.62. The fourth-order valence-electron chi connectivity index (χ4n) is 4.68. The van der Waals surface area contributed by atoms with Gasteiger partial charge in [0.1, 0.15) is 11.0 Å². The minimum absolute atomic E-state index is 0.127. The van der Waals surface area contributed by atoms with Crippen molar-refractivity contribution in [1.29, 1.82) is 0 Å². The highest BCUT2D eigenvalue weighted by atomic mass is 35.5. The lowest BCUT2D eigenvalue weighted by Gasteiger charge is -2.48. The number of fused-ring (bicyclic) bond motifs is 1. The third-order valence-electron chi connectivity index (χ3n) is 5.55. The van der Waals surface area contributed by atoms with Gasteiger partial charge in [-0.05, 0) is 12.8 Å². The van der Waals surface area contributed by atoms with Crippen molar-refractivity contribution in [3.8, 4) is 6.01 Å². The summed E-state index contributed by atoms with van der Waals surface area (Å²) in [5.41, 5.74) is -0.0142. The molecule has 1 aliphatic carbocycles. The van der Waals surface area contributed by atoms with E-state index in [0.29, 0.717) is 5.15 Å². The van der Waals surface area contributed by atoms with Crippen LogP contribution in [0.4, 0.5) is 5.82 Å². The topological polar surface area (TPSA) is 71.0 Å². The van der Waals surface area contributed by atoms with E-state index in [9.17, 15) is 5.11 Å². The zero-order valence-electron chi connectivity index (χ0n) is 13.9. The predicted octanol–water partition coefficient (Wildman–Crippen LogP) is 0.802. The number of aliphatic hydroxyl groups excluding tert-OH is 1. The van der Waals surface area contributed by atoms with E-state index in [0.717, 1.165) is 58.1 Å². The van der Waals surface area contributed by atoms with Gasteiger partial charge in [-0.25, -0.2) is 0 Å². The van der Waals surface area contributed by atoms with Crippen molar-refractivity contribution in [3.63, 3.8) is 0 Å². The van der Waals surface area contributed by atoms with E-state index in [4.69, 9.17) is 21.1 Å². The summed E-state index contributed by atoms with van der Waals surface area (Å²) < 4.78 is 10.6. The minimum Gasteiger partial charge on any atom is -0.467 e. The largest absolute Gasteiger partial charge is 0.467 e. The van der Waals surface area contributed by atoms with Gasteiger partial charge in [0.25, 0.3) is 0 Å². The zero-order valence-corrected chi connectivity index (χ0v) is 14.6. The molecule has 1 aromatic rings. The molecular weight excluding hydrogens is 332 g/mol. The molecule has 0 aromatic carbocycles. The van der Waals surface area contributed by atoms with Crippen LogP contribution in [0.3, 0.4) is 0 Å². The molecule has 1 N–H and O–H groups in total. The summed E-state index contributed by atoms with van der Waals surface area (Å²) >= 11 is 6.11. The molecule has 2 bridgehead atoms. The SMILES string of the molecule is COc1nc(Cl)cc(N2CC3(CN4CCOCC4)CC2(CO)C3)n1. The second-order valence-electron chi connectivity index (χ2n) is 7.25. The summed E-state index contributed by atoms with van der Waals surface area (Å²) in [6.45, 7) is 5.64. The van der Waals surface area contributed by atoms with E-state index in [1.54, 1.807) is 6.07 Å². The highest BCUT2D eigenvalue weighted by molar-refractivity contribution is 6.29. The molecule has 7 nitrogen and oxygen atoms in total. The van der Waals surface area contributed by atoms with Gasteiger partial charge in [0.2, 0.25) is 0 Å². The van der Waals surface area contributed by atoms with E-state index < -0.39 is 0 Å². The van der Waals surface area contributed by atoms with Crippen molar-refractivity contribution in [2.45, 2.75) is 18.4 Å². The van der Waals surface area contributed by atoms with Crippen LogP contribution in [0, 0.1) is 5.41 Å². The van der Waals surface area contributed by atoms with Gasteiger partial charge >= 0.3 is 6.01 Å². The van der Waals surface area contributed by atoms with Crippen LogP contribution in [-0.4, -0.2) is 78.6 Å². The quantitative estimate of drug-likeness (QED) is 0.784.